The Morgan fingerprint density at radius 3 is 2.53 bits per heavy atom. The lowest BCUT2D eigenvalue weighted by atomic mass is 10.1. The summed E-state index contributed by atoms with van der Waals surface area (Å²) in [6, 6.07) is 18.5. The second-order valence-corrected chi connectivity index (χ2v) is 8.17. The molecule has 2 aromatic heterocycles. The second-order valence-electron chi connectivity index (χ2n) is 6.84. The van der Waals surface area contributed by atoms with Crippen molar-refractivity contribution in [2.75, 3.05) is 5.32 Å². The summed E-state index contributed by atoms with van der Waals surface area (Å²) in [6.45, 7) is 3.35. The number of aromatic amines is 1. The van der Waals surface area contributed by atoms with E-state index in [0.29, 0.717) is 11.3 Å². The molecule has 150 valence electrons. The van der Waals surface area contributed by atoms with Crippen LogP contribution in [0.4, 0.5) is 5.69 Å². The molecule has 0 saturated heterocycles. The summed E-state index contributed by atoms with van der Waals surface area (Å²) in [4.78, 5) is 36.5. The topological polar surface area (TPSA) is 87.7 Å². The summed E-state index contributed by atoms with van der Waals surface area (Å²) >= 11 is 1.37. The number of carbonyl (C=O) groups excluding carboxylic acids is 2. The molecule has 0 saturated carbocycles. The Morgan fingerprint density at radius 1 is 1.03 bits per heavy atom. The molecular weight excluding hydrogens is 396 g/mol. The van der Waals surface area contributed by atoms with Crippen LogP contribution in [-0.2, 0) is 4.79 Å². The van der Waals surface area contributed by atoms with Gasteiger partial charge in [0.2, 0.25) is 5.91 Å². The number of anilines is 1. The maximum Gasteiger partial charge on any atom is 0.237 e. The fourth-order valence-electron chi connectivity index (χ4n) is 3.00. The highest BCUT2D eigenvalue weighted by Gasteiger charge is 2.19. The number of benzene rings is 2. The highest BCUT2D eigenvalue weighted by molar-refractivity contribution is 8.00. The molecule has 0 aliphatic rings. The number of pyridine rings is 1. The van der Waals surface area contributed by atoms with E-state index in [0.717, 1.165) is 27.4 Å². The molecule has 0 spiro atoms. The van der Waals surface area contributed by atoms with Crippen molar-refractivity contribution in [3.63, 3.8) is 0 Å². The first-order valence-corrected chi connectivity index (χ1v) is 10.4. The molecule has 0 bridgehead atoms. The predicted octanol–water partition coefficient (Wildman–Crippen LogP) is 4.95. The number of Topliss-reactive ketones (excluding diaryl/α,β-unsaturated/α-hetero) is 1. The number of H-pyrrole nitrogens is 1. The summed E-state index contributed by atoms with van der Waals surface area (Å²) in [5.74, 6) is 0.570. The quantitative estimate of drug-likeness (QED) is 0.343. The summed E-state index contributed by atoms with van der Waals surface area (Å²) < 4.78 is 0. The Balaban J connectivity index is 1.51. The number of carbonyl (C=O) groups is 2. The Morgan fingerprint density at radius 2 is 1.80 bits per heavy atom. The zero-order valence-corrected chi connectivity index (χ0v) is 17.4. The zero-order chi connectivity index (χ0) is 21.1. The molecule has 2 heterocycles. The molecule has 0 aliphatic heterocycles. The van der Waals surface area contributed by atoms with Gasteiger partial charge >= 0.3 is 0 Å². The lowest BCUT2D eigenvalue weighted by Crippen LogP contribution is -2.22. The minimum atomic E-state index is -0.379. The summed E-state index contributed by atoms with van der Waals surface area (Å²) in [6.07, 6.45) is 1.71. The Kier molecular flexibility index (Phi) is 5.63. The third kappa shape index (κ3) is 4.26. The number of hydrogen-bond acceptors (Lipinski definition) is 5. The summed E-state index contributed by atoms with van der Waals surface area (Å²) in [7, 11) is 0. The first-order valence-electron chi connectivity index (χ1n) is 9.50. The van der Waals surface area contributed by atoms with Gasteiger partial charge in [0.1, 0.15) is 10.9 Å². The molecule has 0 aliphatic carbocycles. The average Bonchev–Trinajstić information content (AvgIpc) is 3.18. The van der Waals surface area contributed by atoms with Crippen LogP contribution in [0.3, 0.4) is 0 Å². The zero-order valence-electron chi connectivity index (χ0n) is 16.5. The fourth-order valence-corrected chi connectivity index (χ4v) is 3.91. The minimum absolute atomic E-state index is 0.00920. The van der Waals surface area contributed by atoms with Crippen molar-refractivity contribution >= 4 is 40.2 Å². The van der Waals surface area contributed by atoms with Crippen molar-refractivity contribution in [3.05, 3.63) is 72.4 Å². The van der Waals surface area contributed by atoms with Crippen LogP contribution in [0.5, 0.6) is 0 Å². The maximum atomic E-state index is 12.7. The molecule has 6 nitrogen and oxygen atoms in total. The predicted molar refractivity (Wildman–Crippen MR) is 120 cm³/mol. The molecule has 30 heavy (non-hydrogen) atoms. The van der Waals surface area contributed by atoms with Gasteiger partial charge in [-0.1, -0.05) is 23.9 Å². The van der Waals surface area contributed by atoms with Gasteiger partial charge in [-0.25, -0.2) is 9.97 Å². The molecule has 4 rings (SSSR count). The monoisotopic (exact) mass is 416 g/mol. The van der Waals surface area contributed by atoms with Crippen LogP contribution in [-0.4, -0.2) is 31.9 Å². The largest absolute Gasteiger partial charge is 0.338 e. The number of amides is 1. The van der Waals surface area contributed by atoms with Crippen molar-refractivity contribution in [2.45, 2.75) is 24.1 Å². The lowest BCUT2D eigenvalue weighted by Gasteiger charge is -2.13. The van der Waals surface area contributed by atoms with Gasteiger partial charge in [-0.05, 0) is 62.4 Å². The highest BCUT2D eigenvalue weighted by Crippen LogP contribution is 2.32. The van der Waals surface area contributed by atoms with E-state index in [-0.39, 0.29) is 16.9 Å². The van der Waals surface area contributed by atoms with E-state index < -0.39 is 0 Å². The van der Waals surface area contributed by atoms with Crippen LogP contribution in [0.25, 0.3) is 22.4 Å². The molecule has 7 heteroatoms. The number of thioether (sulfide) groups is 1. The molecule has 0 radical (unpaired) electrons. The van der Waals surface area contributed by atoms with Gasteiger partial charge in [-0.2, -0.15) is 0 Å². The van der Waals surface area contributed by atoms with Gasteiger partial charge in [0.15, 0.2) is 5.78 Å². The van der Waals surface area contributed by atoms with Gasteiger partial charge in [-0.15, -0.1) is 0 Å². The molecular formula is C23H20N4O2S. The number of fused-ring (bicyclic) bond motifs is 1. The lowest BCUT2D eigenvalue weighted by molar-refractivity contribution is -0.115. The van der Waals surface area contributed by atoms with E-state index in [1.807, 2.05) is 43.3 Å². The summed E-state index contributed by atoms with van der Waals surface area (Å²) in [5.41, 5.74) is 3.94. The number of para-hydroxylation sites is 2. The van der Waals surface area contributed by atoms with E-state index in [4.69, 9.17) is 0 Å². The van der Waals surface area contributed by atoms with Crippen LogP contribution in [0.15, 0.2) is 71.9 Å². The summed E-state index contributed by atoms with van der Waals surface area (Å²) in [5, 5.41) is 3.24. The smallest absolute Gasteiger partial charge is 0.237 e. The molecule has 1 amide bonds. The molecule has 0 unspecified atom stereocenters. The van der Waals surface area contributed by atoms with Crippen LogP contribution >= 0.6 is 11.8 Å². The van der Waals surface area contributed by atoms with Crippen molar-refractivity contribution in [3.8, 4) is 11.4 Å². The molecule has 0 fully saturated rings. The fraction of sp³-hybridized carbons (Fsp3) is 0.130. The van der Waals surface area contributed by atoms with Gasteiger partial charge in [0.05, 0.1) is 16.3 Å². The van der Waals surface area contributed by atoms with Crippen LogP contribution < -0.4 is 5.32 Å². The van der Waals surface area contributed by atoms with Gasteiger partial charge in [0, 0.05) is 23.0 Å². The first-order chi connectivity index (χ1) is 14.5. The van der Waals surface area contributed by atoms with Crippen LogP contribution in [0.2, 0.25) is 0 Å². The molecule has 2 aromatic carbocycles. The normalized spacial score (nSPS) is 11.9. The standard InChI is InChI=1S/C23H20N4O2S/c1-14(28)16-9-11-17(12-10-16)25-22(29)15(2)30-23-18(6-5-13-24-23)21-26-19-7-3-4-8-20(19)27-21/h3-13,15H,1-2H3,(H,25,29)(H,26,27)/t15-/m1/s1. The number of aromatic nitrogens is 3. The average molecular weight is 417 g/mol. The highest BCUT2D eigenvalue weighted by atomic mass is 32.2. The van der Waals surface area contributed by atoms with E-state index in [2.05, 4.69) is 20.3 Å². The van der Waals surface area contributed by atoms with Gasteiger partial charge < -0.3 is 10.3 Å². The number of hydrogen-bond donors (Lipinski definition) is 2. The Bertz CT molecular complexity index is 1180. The van der Waals surface area contributed by atoms with E-state index in [1.165, 1.54) is 18.7 Å². The number of rotatable bonds is 6. The number of imidazole rings is 1. The van der Waals surface area contributed by atoms with Crippen molar-refractivity contribution in [1.82, 2.24) is 15.0 Å². The number of nitrogens with one attached hydrogen (secondary N) is 2. The van der Waals surface area contributed by atoms with E-state index >= 15 is 0 Å². The van der Waals surface area contributed by atoms with Crippen molar-refractivity contribution in [2.24, 2.45) is 0 Å². The van der Waals surface area contributed by atoms with E-state index in [1.54, 1.807) is 30.5 Å². The Labute approximate surface area is 178 Å². The van der Waals surface area contributed by atoms with Crippen LogP contribution in [0.1, 0.15) is 24.2 Å². The van der Waals surface area contributed by atoms with Gasteiger partial charge in [0.25, 0.3) is 0 Å². The maximum absolute atomic E-state index is 12.7. The van der Waals surface area contributed by atoms with Crippen molar-refractivity contribution < 1.29 is 9.59 Å². The number of nitrogens with zero attached hydrogens (tertiary/aromatic N) is 2. The third-order valence-corrected chi connectivity index (χ3v) is 5.75. The molecule has 2 N–H and O–H groups in total. The first kappa shape index (κ1) is 19.8. The molecule has 1 atom stereocenters. The van der Waals surface area contributed by atoms with E-state index in [9.17, 15) is 9.59 Å². The third-order valence-electron chi connectivity index (χ3n) is 4.63. The van der Waals surface area contributed by atoms with Crippen molar-refractivity contribution in [1.29, 1.82) is 0 Å². The SMILES string of the molecule is CC(=O)c1ccc(NC(=O)[C@@H](C)Sc2ncccc2-c2nc3ccccc3[nH]2)cc1. The minimum Gasteiger partial charge on any atom is -0.338 e. The van der Waals surface area contributed by atoms with Gasteiger partial charge in [-0.3, -0.25) is 9.59 Å². The molecule has 4 aromatic rings. The second kappa shape index (κ2) is 8.51. The Hall–Kier alpha value is -3.45. The van der Waals surface area contributed by atoms with Crippen LogP contribution in [0, 0.1) is 0 Å². The number of ketones is 1.